The molecule has 1 aliphatic rings. The predicted octanol–water partition coefficient (Wildman–Crippen LogP) is -0.476. The molecule has 2 heterocycles. The van der Waals surface area contributed by atoms with E-state index in [0.717, 1.165) is 10.6 Å². The molecule has 0 radical (unpaired) electrons. The van der Waals surface area contributed by atoms with Gasteiger partial charge in [-0.15, -0.1) is 0 Å². The number of rotatable bonds is 2. The lowest BCUT2D eigenvalue weighted by Crippen LogP contribution is -2.44. The second kappa shape index (κ2) is 4.44. The summed E-state index contributed by atoms with van der Waals surface area (Å²) in [6.45, 7) is 0. The van der Waals surface area contributed by atoms with Crippen molar-refractivity contribution in [2.75, 3.05) is 0 Å². The van der Waals surface area contributed by atoms with E-state index < -0.39 is 23.5 Å². The van der Waals surface area contributed by atoms with E-state index in [1.54, 1.807) is 0 Å². The van der Waals surface area contributed by atoms with Crippen LogP contribution in [0.1, 0.15) is 29.2 Å². The summed E-state index contributed by atoms with van der Waals surface area (Å²) < 4.78 is 1.13. The number of aromatic nitrogens is 1. The number of carboxylic acid groups (broad SMARTS) is 1. The van der Waals surface area contributed by atoms with Gasteiger partial charge >= 0.3 is 5.97 Å². The van der Waals surface area contributed by atoms with Crippen LogP contribution in [0.4, 0.5) is 0 Å². The van der Waals surface area contributed by atoms with Crippen molar-refractivity contribution in [1.82, 2.24) is 9.88 Å². The summed E-state index contributed by atoms with van der Waals surface area (Å²) >= 11 is 0. The number of piperidine rings is 1. The van der Waals surface area contributed by atoms with E-state index in [1.165, 1.54) is 12.3 Å². The molecule has 0 aromatic carbocycles. The molecule has 1 aliphatic heterocycles. The molecule has 7 heteroatoms. The van der Waals surface area contributed by atoms with Gasteiger partial charge in [-0.3, -0.25) is 19.7 Å². The van der Waals surface area contributed by atoms with Gasteiger partial charge in [0.05, 0.1) is 5.56 Å². The lowest BCUT2D eigenvalue weighted by atomic mass is 10.1. The SMILES string of the molecule is O=C1CCC(n2ccc(C(=O)O)cc2=O)C(=O)N1. The third-order valence-electron chi connectivity index (χ3n) is 2.74. The first-order valence-electron chi connectivity index (χ1n) is 5.28. The average molecular weight is 250 g/mol. The van der Waals surface area contributed by atoms with Gasteiger partial charge in [-0.2, -0.15) is 0 Å². The van der Waals surface area contributed by atoms with Gasteiger partial charge in [0.15, 0.2) is 0 Å². The topological polar surface area (TPSA) is 105 Å². The van der Waals surface area contributed by atoms with Gasteiger partial charge < -0.3 is 9.67 Å². The van der Waals surface area contributed by atoms with Crippen molar-refractivity contribution < 1.29 is 19.5 Å². The summed E-state index contributed by atoms with van der Waals surface area (Å²) in [5.74, 6) is -2.12. The first-order chi connectivity index (χ1) is 8.49. The molecule has 0 aliphatic carbocycles. The van der Waals surface area contributed by atoms with Crippen molar-refractivity contribution in [1.29, 1.82) is 0 Å². The lowest BCUT2D eigenvalue weighted by molar-refractivity contribution is -0.135. The number of pyridine rings is 1. The number of nitrogens with one attached hydrogen (secondary N) is 1. The van der Waals surface area contributed by atoms with Crippen LogP contribution in [0.15, 0.2) is 23.1 Å². The first kappa shape index (κ1) is 12.0. The second-order valence-corrected chi connectivity index (χ2v) is 3.93. The highest BCUT2D eigenvalue weighted by atomic mass is 16.4. The van der Waals surface area contributed by atoms with Crippen molar-refractivity contribution in [3.63, 3.8) is 0 Å². The maximum absolute atomic E-state index is 11.7. The van der Waals surface area contributed by atoms with Crippen LogP contribution in [0.3, 0.4) is 0 Å². The lowest BCUT2D eigenvalue weighted by Gasteiger charge is -2.22. The summed E-state index contributed by atoms with van der Waals surface area (Å²) in [6, 6.07) is 1.43. The minimum atomic E-state index is -1.21. The smallest absolute Gasteiger partial charge is 0.335 e. The molecule has 1 aromatic rings. The van der Waals surface area contributed by atoms with Gasteiger partial charge in [-0.25, -0.2) is 4.79 Å². The van der Waals surface area contributed by atoms with Crippen LogP contribution >= 0.6 is 0 Å². The Morgan fingerprint density at radius 1 is 1.39 bits per heavy atom. The Balaban J connectivity index is 2.34. The number of nitrogens with zero attached hydrogens (tertiary/aromatic N) is 1. The fourth-order valence-electron chi connectivity index (χ4n) is 1.83. The molecule has 1 aromatic heterocycles. The first-order valence-corrected chi connectivity index (χ1v) is 5.28. The van der Waals surface area contributed by atoms with Crippen molar-refractivity contribution in [3.05, 3.63) is 34.2 Å². The monoisotopic (exact) mass is 250 g/mol. The second-order valence-electron chi connectivity index (χ2n) is 3.93. The van der Waals surface area contributed by atoms with Crippen LogP contribution in [0, 0.1) is 0 Å². The summed E-state index contributed by atoms with van der Waals surface area (Å²) in [5, 5.41) is 10.9. The third kappa shape index (κ3) is 2.15. The van der Waals surface area contributed by atoms with E-state index in [2.05, 4.69) is 5.32 Å². The van der Waals surface area contributed by atoms with Crippen LogP contribution in [-0.2, 0) is 9.59 Å². The standard InChI is InChI=1S/C11H10N2O5/c14-8-2-1-7(10(16)12-8)13-4-3-6(11(17)18)5-9(13)15/h3-5,7H,1-2H2,(H,17,18)(H,12,14,16). The molecule has 0 spiro atoms. The Hall–Kier alpha value is -2.44. The van der Waals surface area contributed by atoms with E-state index in [4.69, 9.17) is 5.11 Å². The molecule has 0 saturated carbocycles. The van der Waals surface area contributed by atoms with Crippen LogP contribution in [0.2, 0.25) is 0 Å². The Labute approximate surface area is 101 Å². The highest BCUT2D eigenvalue weighted by molar-refractivity contribution is 5.99. The zero-order chi connectivity index (χ0) is 13.3. The molecular formula is C11H10N2O5. The van der Waals surface area contributed by atoms with Gasteiger partial charge in [0.1, 0.15) is 6.04 Å². The van der Waals surface area contributed by atoms with Crippen LogP contribution in [0.5, 0.6) is 0 Å². The van der Waals surface area contributed by atoms with Gasteiger partial charge in [0, 0.05) is 18.7 Å². The van der Waals surface area contributed by atoms with E-state index in [-0.39, 0.29) is 24.3 Å². The fourth-order valence-corrected chi connectivity index (χ4v) is 1.83. The predicted molar refractivity (Wildman–Crippen MR) is 59.1 cm³/mol. The molecule has 0 bridgehead atoms. The largest absolute Gasteiger partial charge is 0.478 e. The Kier molecular flexibility index (Phi) is 2.97. The van der Waals surface area contributed by atoms with Crippen LogP contribution in [0.25, 0.3) is 0 Å². The minimum absolute atomic E-state index is 0.136. The molecule has 7 nitrogen and oxygen atoms in total. The summed E-state index contributed by atoms with van der Waals surface area (Å²) in [4.78, 5) is 44.9. The zero-order valence-corrected chi connectivity index (χ0v) is 9.25. The van der Waals surface area contributed by atoms with Crippen molar-refractivity contribution in [3.8, 4) is 0 Å². The van der Waals surface area contributed by atoms with Gasteiger partial charge in [0.25, 0.3) is 5.56 Å². The highest BCUT2D eigenvalue weighted by Gasteiger charge is 2.28. The zero-order valence-electron chi connectivity index (χ0n) is 9.25. The third-order valence-corrected chi connectivity index (χ3v) is 2.74. The number of amides is 2. The van der Waals surface area contributed by atoms with Gasteiger partial charge in [-0.1, -0.05) is 0 Å². The number of carboxylic acids is 1. The normalized spacial score (nSPS) is 19.4. The molecule has 1 atom stereocenters. The maximum Gasteiger partial charge on any atom is 0.335 e. The molecule has 1 fully saturated rings. The van der Waals surface area contributed by atoms with E-state index in [0.29, 0.717) is 0 Å². The number of imide groups is 1. The Morgan fingerprint density at radius 2 is 2.11 bits per heavy atom. The summed E-state index contributed by atoms with van der Waals surface area (Å²) in [7, 11) is 0. The van der Waals surface area contributed by atoms with E-state index in [9.17, 15) is 19.2 Å². The van der Waals surface area contributed by atoms with Crippen molar-refractivity contribution in [2.45, 2.75) is 18.9 Å². The van der Waals surface area contributed by atoms with Crippen molar-refractivity contribution >= 4 is 17.8 Å². The number of hydrogen-bond acceptors (Lipinski definition) is 4. The Morgan fingerprint density at radius 3 is 2.67 bits per heavy atom. The van der Waals surface area contributed by atoms with Gasteiger partial charge in [0.2, 0.25) is 11.8 Å². The quantitative estimate of drug-likeness (QED) is 0.690. The summed E-state index contributed by atoms with van der Waals surface area (Å²) in [6.07, 6.45) is 1.65. The number of hydrogen-bond donors (Lipinski definition) is 2. The fraction of sp³-hybridized carbons (Fsp3) is 0.273. The molecule has 1 saturated heterocycles. The minimum Gasteiger partial charge on any atom is -0.478 e. The maximum atomic E-state index is 11.7. The number of carbonyl (C=O) groups excluding carboxylic acids is 2. The van der Waals surface area contributed by atoms with Crippen molar-refractivity contribution in [2.24, 2.45) is 0 Å². The van der Waals surface area contributed by atoms with Gasteiger partial charge in [-0.05, 0) is 12.5 Å². The molecule has 1 unspecified atom stereocenters. The van der Waals surface area contributed by atoms with Crippen LogP contribution in [-0.4, -0.2) is 27.5 Å². The molecule has 2 amide bonds. The molecular weight excluding hydrogens is 240 g/mol. The molecule has 18 heavy (non-hydrogen) atoms. The molecule has 2 rings (SSSR count). The highest BCUT2D eigenvalue weighted by Crippen LogP contribution is 2.16. The van der Waals surface area contributed by atoms with E-state index in [1.807, 2.05) is 0 Å². The number of aromatic carboxylic acids is 1. The van der Waals surface area contributed by atoms with Crippen LogP contribution < -0.4 is 10.9 Å². The average Bonchev–Trinajstić information content (AvgIpc) is 2.30. The molecule has 2 N–H and O–H groups in total. The number of carbonyl (C=O) groups is 3. The van der Waals surface area contributed by atoms with E-state index >= 15 is 0 Å². The summed E-state index contributed by atoms with van der Waals surface area (Å²) in [5.41, 5.74) is -0.715. The Bertz CT molecular complexity index is 589. The molecule has 94 valence electrons.